The van der Waals surface area contributed by atoms with Gasteiger partial charge in [0.15, 0.2) is 0 Å². The third-order valence-electron chi connectivity index (χ3n) is 2.88. The molecule has 5 heteroatoms. The third kappa shape index (κ3) is 3.41. The van der Waals surface area contributed by atoms with Crippen LogP contribution < -0.4 is 0 Å². The molecule has 1 unspecified atom stereocenters. The van der Waals surface area contributed by atoms with E-state index in [4.69, 9.17) is 4.42 Å². The monoisotopic (exact) mass is 332 g/mol. The highest BCUT2D eigenvalue weighted by molar-refractivity contribution is 9.09. The molecule has 1 nitrogen and oxygen atoms in total. The molecule has 0 fully saturated rings. The standard InChI is InChI=1S/C14H12BrF3O/c1-9-6-7-19-13(9)12(15)8-10-2-4-11(5-3-10)14(16,17)18/h2-7,12H,8H2,1H3. The molecule has 102 valence electrons. The van der Waals surface area contributed by atoms with Gasteiger partial charge in [-0.05, 0) is 42.7 Å². The van der Waals surface area contributed by atoms with Gasteiger partial charge in [0.2, 0.25) is 0 Å². The molecular weight excluding hydrogens is 321 g/mol. The van der Waals surface area contributed by atoms with Gasteiger partial charge in [-0.2, -0.15) is 13.2 Å². The molecular formula is C14H12BrF3O. The van der Waals surface area contributed by atoms with E-state index in [1.54, 1.807) is 6.26 Å². The third-order valence-corrected chi connectivity index (χ3v) is 3.62. The quantitative estimate of drug-likeness (QED) is 0.696. The van der Waals surface area contributed by atoms with Crippen LogP contribution in [0.4, 0.5) is 13.2 Å². The van der Waals surface area contributed by atoms with Gasteiger partial charge in [0.1, 0.15) is 5.76 Å². The molecule has 2 aromatic rings. The van der Waals surface area contributed by atoms with Crippen LogP contribution in [0, 0.1) is 6.92 Å². The Balaban J connectivity index is 2.10. The second kappa shape index (κ2) is 5.41. The Bertz CT molecular complexity index is 543. The SMILES string of the molecule is Cc1ccoc1C(Br)Cc1ccc(C(F)(F)F)cc1. The molecule has 0 N–H and O–H groups in total. The van der Waals surface area contributed by atoms with E-state index in [0.29, 0.717) is 6.42 Å². The van der Waals surface area contributed by atoms with Crippen LogP contribution in [0.15, 0.2) is 41.0 Å². The zero-order chi connectivity index (χ0) is 14.0. The van der Waals surface area contributed by atoms with Crippen molar-refractivity contribution in [2.24, 2.45) is 0 Å². The van der Waals surface area contributed by atoms with Crippen molar-refractivity contribution in [3.63, 3.8) is 0 Å². The Morgan fingerprint density at radius 3 is 2.26 bits per heavy atom. The van der Waals surface area contributed by atoms with Crippen LogP contribution >= 0.6 is 15.9 Å². The van der Waals surface area contributed by atoms with Crippen LogP contribution in [0.3, 0.4) is 0 Å². The molecule has 1 aromatic carbocycles. The van der Waals surface area contributed by atoms with Crippen LogP contribution in [0.1, 0.15) is 27.3 Å². The topological polar surface area (TPSA) is 13.1 Å². The normalized spacial score (nSPS) is 13.5. The lowest BCUT2D eigenvalue weighted by molar-refractivity contribution is -0.137. The van der Waals surface area contributed by atoms with Crippen molar-refractivity contribution in [2.75, 3.05) is 0 Å². The van der Waals surface area contributed by atoms with Gasteiger partial charge in [-0.3, -0.25) is 0 Å². The molecule has 0 aliphatic heterocycles. The Morgan fingerprint density at radius 1 is 1.16 bits per heavy atom. The summed E-state index contributed by atoms with van der Waals surface area (Å²) in [5.41, 5.74) is 1.22. The minimum atomic E-state index is -4.29. The van der Waals surface area contributed by atoms with Crippen LogP contribution in [-0.2, 0) is 12.6 Å². The number of rotatable bonds is 3. The van der Waals surface area contributed by atoms with Crippen molar-refractivity contribution in [3.8, 4) is 0 Å². The predicted octanol–water partition coefficient (Wildman–Crippen LogP) is 5.29. The number of hydrogen-bond acceptors (Lipinski definition) is 1. The van der Waals surface area contributed by atoms with Gasteiger partial charge < -0.3 is 4.42 Å². The maximum atomic E-state index is 12.4. The van der Waals surface area contributed by atoms with Gasteiger partial charge in [-0.15, -0.1) is 0 Å². The lowest BCUT2D eigenvalue weighted by atomic mass is 10.0. The summed E-state index contributed by atoms with van der Waals surface area (Å²) in [5.74, 6) is 0.805. The lowest BCUT2D eigenvalue weighted by Gasteiger charge is -2.10. The summed E-state index contributed by atoms with van der Waals surface area (Å²) in [4.78, 5) is -0.0424. The van der Waals surface area contributed by atoms with Gasteiger partial charge in [-0.25, -0.2) is 0 Å². The van der Waals surface area contributed by atoms with Crippen molar-refractivity contribution in [1.29, 1.82) is 0 Å². The fourth-order valence-electron chi connectivity index (χ4n) is 1.83. The molecule has 1 aromatic heterocycles. The Morgan fingerprint density at radius 2 is 1.79 bits per heavy atom. The van der Waals surface area contributed by atoms with E-state index in [1.807, 2.05) is 13.0 Å². The second-order valence-electron chi connectivity index (χ2n) is 4.33. The van der Waals surface area contributed by atoms with Gasteiger partial charge in [0, 0.05) is 0 Å². The van der Waals surface area contributed by atoms with Gasteiger partial charge in [0.25, 0.3) is 0 Å². The average molecular weight is 333 g/mol. The highest BCUT2D eigenvalue weighted by atomic mass is 79.9. The van der Waals surface area contributed by atoms with E-state index in [1.165, 1.54) is 12.1 Å². The summed E-state index contributed by atoms with van der Waals surface area (Å²) in [5, 5.41) is 0. The van der Waals surface area contributed by atoms with E-state index in [9.17, 15) is 13.2 Å². The number of alkyl halides is 4. The number of halogens is 4. The Labute approximate surface area is 117 Å². The molecule has 1 atom stereocenters. The summed E-state index contributed by atoms with van der Waals surface area (Å²) in [6, 6.07) is 7.05. The number of hydrogen-bond donors (Lipinski definition) is 0. The Hall–Kier alpha value is -1.23. The number of furan rings is 1. The van der Waals surface area contributed by atoms with Gasteiger partial charge in [0.05, 0.1) is 16.7 Å². The van der Waals surface area contributed by atoms with E-state index in [2.05, 4.69) is 15.9 Å². The first-order valence-corrected chi connectivity index (χ1v) is 6.63. The molecule has 0 radical (unpaired) electrons. The fourth-order valence-corrected chi connectivity index (χ4v) is 2.68. The molecule has 2 rings (SSSR count). The summed E-state index contributed by atoms with van der Waals surface area (Å²) < 4.78 is 42.7. The molecule has 0 bridgehead atoms. The van der Waals surface area contributed by atoms with Gasteiger partial charge >= 0.3 is 6.18 Å². The lowest BCUT2D eigenvalue weighted by Crippen LogP contribution is -2.05. The summed E-state index contributed by atoms with van der Waals surface area (Å²) in [6.45, 7) is 1.93. The molecule has 0 saturated carbocycles. The zero-order valence-electron chi connectivity index (χ0n) is 10.2. The minimum absolute atomic E-state index is 0.0424. The zero-order valence-corrected chi connectivity index (χ0v) is 11.8. The Kier molecular flexibility index (Phi) is 4.04. The summed E-state index contributed by atoms with van der Waals surface area (Å²) in [6.07, 6.45) is -2.11. The summed E-state index contributed by atoms with van der Waals surface area (Å²) >= 11 is 3.49. The molecule has 0 aliphatic rings. The van der Waals surface area contributed by atoms with Gasteiger partial charge in [-0.1, -0.05) is 28.1 Å². The van der Waals surface area contributed by atoms with Crippen LogP contribution in [-0.4, -0.2) is 0 Å². The smallest absolute Gasteiger partial charge is 0.416 e. The molecule has 0 saturated heterocycles. The fraction of sp³-hybridized carbons (Fsp3) is 0.286. The number of aryl methyl sites for hydroxylation is 1. The van der Waals surface area contributed by atoms with E-state index in [0.717, 1.165) is 29.0 Å². The second-order valence-corrected chi connectivity index (χ2v) is 5.44. The highest BCUT2D eigenvalue weighted by Gasteiger charge is 2.30. The van der Waals surface area contributed by atoms with E-state index in [-0.39, 0.29) is 4.83 Å². The molecule has 1 heterocycles. The van der Waals surface area contributed by atoms with Crippen molar-refractivity contribution in [1.82, 2.24) is 0 Å². The molecule has 0 amide bonds. The highest BCUT2D eigenvalue weighted by Crippen LogP contribution is 2.32. The van der Waals surface area contributed by atoms with Crippen molar-refractivity contribution >= 4 is 15.9 Å². The minimum Gasteiger partial charge on any atom is -0.468 e. The molecule has 0 aliphatic carbocycles. The van der Waals surface area contributed by atoms with Crippen LogP contribution in [0.25, 0.3) is 0 Å². The van der Waals surface area contributed by atoms with Crippen molar-refractivity contribution in [2.45, 2.75) is 24.3 Å². The van der Waals surface area contributed by atoms with Crippen LogP contribution in [0.2, 0.25) is 0 Å². The van der Waals surface area contributed by atoms with E-state index >= 15 is 0 Å². The molecule has 19 heavy (non-hydrogen) atoms. The first kappa shape index (κ1) is 14.2. The largest absolute Gasteiger partial charge is 0.468 e. The van der Waals surface area contributed by atoms with Crippen molar-refractivity contribution in [3.05, 3.63) is 59.0 Å². The maximum absolute atomic E-state index is 12.4. The van der Waals surface area contributed by atoms with Crippen molar-refractivity contribution < 1.29 is 17.6 Å². The first-order chi connectivity index (χ1) is 8.88. The van der Waals surface area contributed by atoms with E-state index < -0.39 is 11.7 Å². The average Bonchev–Trinajstić information content (AvgIpc) is 2.75. The van der Waals surface area contributed by atoms with Crippen LogP contribution in [0.5, 0.6) is 0 Å². The maximum Gasteiger partial charge on any atom is 0.416 e. The number of benzene rings is 1. The predicted molar refractivity (Wildman–Crippen MR) is 70.3 cm³/mol. The summed E-state index contributed by atoms with van der Waals surface area (Å²) in [7, 11) is 0. The molecule has 0 spiro atoms. The first-order valence-electron chi connectivity index (χ1n) is 5.72.